The van der Waals surface area contributed by atoms with Gasteiger partial charge in [-0.3, -0.25) is 4.79 Å². The summed E-state index contributed by atoms with van der Waals surface area (Å²) in [5, 5.41) is 10.2. The van der Waals surface area contributed by atoms with Gasteiger partial charge in [0.05, 0.1) is 5.41 Å². The Morgan fingerprint density at radius 3 is 2.25 bits per heavy atom. The van der Waals surface area contributed by atoms with Crippen molar-refractivity contribution in [3.05, 3.63) is 58.9 Å². The van der Waals surface area contributed by atoms with Crippen LogP contribution < -0.4 is 0 Å². The predicted octanol–water partition coefficient (Wildman–Crippen LogP) is 6.55. The quantitative estimate of drug-likeness (QED) is 0.372. The summed E-state index contributed by atoms with van der Waals surface area (Å²) in [6.45, 7) is 9.41. The molecule has 0 bridgehead atoms. The van der Waals surface area contributed by atoms with Gasteiger partial charge in [-0.15, -0.1) is 0 Å². The van der Waals surface area contributed by atoms with Crippen LogP contribution in [-0.2, 0) is 25.4 Å². The Morgan fingerprint density at radius 2 is 1.68 bits per heavy atom. The number of rotatable bonds is 7. The topological polar surface area (TPSA) is 102 Å². The average molecular weight is 578 g/mol. The van der Waals surface area contributed by atoms with Crippen LogP contribution in [0.25, 0.3) is 11.1 Å². The minimum atomic E-state index is -1.35. The first kappa shape index (κ1) is 31.4. The van der Waals surface area contributed by atoms with E-state index in [4.69, 9.17) is 25.8 Å². The van der Waals surface area contributed by atoms with E-state index >= 15 is 0 Å². The number of nitrogens with zero attached hydrogens (tertiary/aromatic N) is 1. The van der Waals surface area contributed by atoms with Crippen LogP contribution in [0.3, 0.4) is 0 Å². The molecule has 1 aliphatic heterocycles. The third kappa shape index (κ3) is 7.95. The van der Waals surface area contributed by atoms with Crippen LogP contribution in [0.4, 0.5) is 14.0 Å². The van der Waals surface area contributed by atoms with Crippen molar-refractivity contribution >= 4 is 29.8 Å². The molecule has 1 heterocycles. The normalized spacial score (nSPS) is 19.5. The summed E-state index contributed by atoms with van der Waals surface area (Å²) in [6.07, 6.45) is -1.41. The van der Waals surface area contributed by atoms with E-state index in [1.807, 2.05) is 0 Å². The van der Waals surface area contributed by atoms with Gasteiger partial charge in [0.25, 0.3) is 0 Å². The molecule has 0 spiro atoms. The van der Waals surface area contributed by atoms with E-state index in [2.05, 4.69) is 0 Å². The van der Waals surface area contributed by atoms with E-state index < -0.39 is 46.6 Å². The second kappa shape index (κ2) is 12.1. The average Bonchev–Trinajstić information content (AvgIpc) is 3.09. The van der Waals surface area contributed by atoms with Gasteiger partial charge in [0.1, 0.15) is 23.6 Å². The maximum atomic E-state index is 14.4. The van der Waals surface area contributed by atoms with Crippen LogP contribution in [0.2, 0.25) is 5.02 Å². The molecule has 218 valence electrons. The third-order valence-electron chi connectivity index (χ3n) is 6.37. The van der Waals surface area contributed by atoms with Gasteiger partial charge in [-0.2, -0.15) is 0 Å². The standard InChI is InChI=1S/C30H37ClFNO7/c1-28(2,3)39-26(36)33-22(15-19-7-9-20(10-8-19)23-16-21(31)11-12-24(23)32)17-30(13-14-34,25(33)35)18-38-27(37)40-29(4,5)6/h7-12,16,22,34H,13-15,17-18H2,1-6H3. The van der Waals surface area contributed by atoms with Crippen LogP contribution in [0, 0.1) is 11.2 Å². The largest absolute Gasteiger partial charge is 0.508 e. The van der Waals surface area contributed by atoms with Crippen molar-refractivity contribution in [1.29, 1.82) is 0 Å². The Morgan fingerprint density at radius 1 is 1.05 bits per heavy atom. The van der Waals surface area contributed by atoms with E-state index in [0.29, 0.717) is 16.1 Å². The van der Waals surface area contributed by atoms with Gasteiger partial charge in [0.2, 0.25) is 5.91 Å². The van der Waals surface area contributed by atoms with Gasteiger partial charge in [-0.25, -0.2) is 18.9 Å². The predicted molar refractivity (Wildman–Crippen MR) is 148 cm³/mol. The number of hydrogen-bond donors (Lipinski definition) is 1. The molecule has 2 atom stereocenters. The molecule has 8 nitrogen and oxygen atoms in total. The van der Waals surface area contributed by atoms with Crippen molar-refractivity contribution in [1.82, 2.24) is 4.90 Å². The zero-order chi connectivity index (χ0) is 29.9. The molecule has 2 aromatic rings. The SMILES string of the molecule is CC(C)(C)OC(=O)OCC1(CCO)CC(Cc2ccc(-c3cc(Cl)ccc3F)cc2)N(C(=O)OC(C)(C)C)C1=O. The Hall–Kier alpha value is -3.17. The Balaban J connectivity index is 1.89. The molecule has 2 aromatic carbocycles. The number of amides is 2. The summed E-state index contributed by atoms with van der Waals surface area (Å²) in [6, 6.07) is 10.7. The Bertz CT molecular complexity index is 1240. The zero-order valence-corrected chi connectivity index (χ0v) is 24.5. The second-order valence-electron chi connectivity index (χ2n) is 12.0. The zero-order valence-electron chi connectivity index (χ0n) is 23.8. The highest BCUT2D eigenvalue weighted by Gasteiger charge is 2.55. The number of imide groups is 1. The van der Waals surface area contributed by atoms with Crippen molar-refractivity contribution in [3.8, 4) is 11.1 Å². The van der Waals surface area contributed by atoms with Crippen LogP contribution in [0.5, 0.6) is 0 Å². The van der Waals surface area contributed by atoms with Crippen molar-refractivity contribution in [2.24, 2.45) is 5.41 Å². The lowest BCUT2D eigenvalue weighted by atomic mass is 9.81. The van der Waals surface area contributed by atoms with Crippen molar-refractivity contribution in [2.75, 3.05) is 13.2 Å². The molecule has 0 aliphatic carbocycles. The highest BCUT2D eigenvalue weighted by Crippen LogP contribution is 2.42. The van der Waals surface area contributed by atoms with E-state index in [0.717, 1.165) is 10.5 Å². The first-order valence-electron chi connectivity index (χ1n) is 13.1. The van der Waals surface area contributed by atoms with Gasteiger partial charge in [0, 0.05) is 23.2 Å². The van der Waals surface area contributed by atoms with E-state index in [9.17, 15) is 23.9 Å². The van der Waals surface area contributed by atoms with Crippen LogP contribution in [0.1, 0.15) is 59.9 Å². The number of ether oxygens (including phenoxy) is 3. The number of aliphatic hydroxyl groups excluding tert-OH is 1. The van der Waals surface area contributed by atoms with Crippen LogP contribution in [0.15, 0.2) is 42.5 Å². The lowest BCUT2D eigenvalue weighted by Gasteiger charge is -2.28. The van der Waals surface area contributed by atoms with Crippen molar-refractivity contribution in [3.63, 3.8) is 0 Å². The van der Waals surface area contributed by atoms with Gasteiger partial charge < -0.3 is 19.3 Å². The fraction of sp³-hybridized carbons (Fsp3) is 0.500. The number of halogens is 2. The molecular weight excluding hydrogens is 541 g/mol. The van der Waals surface area contributed by atoms with Gasteiger partial charge >= 0.3 is 12.2 Å². The maximum absolute atomic E-state index is 14.4. The highest BCUT2D eigenvalue weighted by molar-refractivity contribution is 6.30. The van der Waals surface area contributed by atoms with Crippen LogP contribution >= 0.6 is 11.6 Å². The number of carbonyl (C=O) groups is 3. The molecule has 1 aliphatic rings. The Kier molecular flexibility index (Phi) is 9.52. The minimum absolute atomic E-state index is 0.0303. The molecule has 0 saturated carbocycles. The molecule has 1 N–H and O–H groups in total. The number of aliphatic hydroxyl groups is 1. The fourth-order valence-electron chi connectivity index (χ4n) is 4.66. The molecular formula is C30H37ClFNO7. The first-order valence-corrected chi connectivity index (χ1v) is 13.5. The van der Waals surface area contributed by atoms with Crippen molar-refractivity contribution in [2.45, 2.75) is 78.0 Å². The number of benzene rings is 2. The minimum Gasteiger partial charge on any atom is -0.443 e. The third-order valence-corrected chi connectivity index (χ3v) is 6.60. The summed E-state index contributed by atoms with van der Waals surface area (Å²) in [5.74, 6) is -1.00. The smallest absolute Gasteiger partial charge is 0.443 e. The molecule has 1 saturated heterocycles. The summed E-state index contributed by atoms with van der Waals surface area (Å²) in [4.78, 5) is 40.4. The lowest BCUT2D eigenvalue weighted by molar-refractivity contribution is -0.139. The molecule has 3 rings (SSSR count). The van der Waals surface area contributed by atoms with Crippen molar-refractivity contribution < 1.29 is 38.1 Å². The number of carbonyl (C=O) groups excluding carboxylic acids is 3. The Labute approximate surface area is 239 Å². The summed E-state index contributed by atoms with van der Waals surface area (Å²) in [7, 11) is 0. The highest BCUT2D eigenvalue weighted by atomic mass is 35.5. The summed E-state index contributed by atoms with van der Waals surface area (Å²) < 4.78 is 30.4. The fourth-order valence-corrected chi connectivity index (χ4v) is 4.83. The summed E-state index contributed by atoms with van der Waals surface area (Å²) >= 11 is 6.04. The van der Waals surface area contributed by atoms with Gasteiger partial charge in [-0.1, -0.05) is 35.9 Å². The second-order valence-corrected chi connectivity index (χ2v) is 12.5. The molecule has 0 radical (unpaired) electrons. The maximum Gasteiger partial charge on any atom is 0.508 e. The molecule has 10 heteroatoms. The molecule has 1 fully saturated rings. The monoisotopic (exact) mass is 577 g/mol. The molecule has 2 amide bonds. The molecule has 0 aromatic heterocycles. The van der Waals surface area contributed by atoms with E-state index in [1.165, 1.54) is 12.1 Å². The van der Waals surface area contributed by atoms with Gasteiger partial charge in [0.15, 0.2) is 0 Å². The molecule has 40 heavy (non-hydrogen) atoms. The number of hydrogen-bond acceptors (Lipinski definition) is 7. The van der Waals surface area contributed by atoms with E-state index in [-0.39, 0.29) is 32.5 Å². The first-order chi connectivity index (χ1) is 18.5. The van der Waals surface area contributed by atoms with E-state index in [1.54, 1.807) is 71.9 Å². The lowest BCUT2D eigenvalue weighted by Crippen LogP contribution is -2.46. The molecule has 2 unspecified atom stereocenters. The number of likely N-dealkylation sites (tertiary alicyclic amines) is 1. The van der Waals surface area contributed by atoms with Gasteiger partial charge in [-0.05, 0) is 90.1 Å². The van der Waals surface area contributed by atoms with Crippen LogP contribution in [-0.4, -0.2) is 58.6 Å². The summed E-state index contributed by atoms with van der Waals surface area (Å²) in [5.41, 5.74) is -1.25.